The molecule has 0 bridgehead atoms. The van der Waals surface area contributed by atoms with Crippen LogP contribution < -0.4 is 4.90 Å². The fraction of sp³-hybridized carbons (Fsp3) is 0.308. The first kappa shape index (κ1) is 10.7. The Morgan fingerprint density at radius 1 is 1.44 bits per heavy atom. The number of anilines is 1. The van der Waals surface area contributed by atoms with Crippen molar-refractivity contribution in [3.8, 4) is 11.8 Å². The highest BCUT2D eigenvalue weighted by atomic mass is 16.3. The highest BCUT2D eigenvalue weighted by Gasteiger charge is 2.47. The first-order chi connectivity index (χ1) is 7.61. The lowest BCUT2D eigenvalue weighted by Crippen LogP contribution is -2.38. The summed E-state index contributed by atoms with van der Waals surface area (Å²) in [6, 6.07) is 7.26. The summed E-state index contributed by atoms with van der Waals surface area (Å²) >= 11 is 0. The van der Waals surface area contributed by atoms with Gasteiger partial charge in [0, 0.05) is 12.6 Å². The number of hydrogen-bond donors (Lipinski definition) is 1. The number of rotatable bonds is 1. The number of carbonyl (C=O) groups excluding carboxylic acids is 1. The lowest BCUT2D eigenvalue weighted by Gasteiger charge is -2.18. The molecule has 0 radical (unpaired) electrons. The van der Waals surface area contributed by atoms with Crippen LogP contribution in [0.25, 0.3) is 0 Å². The molecule has 1 aromatic rings. The number of amides is 1. The zero-order valence-corrected chi connectivity index (χ0v) is 9.32. The summed E-state index contributed by atoms with van der Waals surface area (Å²) in [6.45, 7) is 1.69. The molecule has 3 heteroatoms. The third-order valence-electron chi connectivity index (χ3n) is 2.89. The van der Waals surface area contributed by atoms with Gasteiger partial charge in [-0.2, -0.15) is 0 Å². The van der Waals surface area contributed by atoms with Gasteiger partial charge in [0.15, 0.2) is 5.60 Å². The first-order valence-corrected chi connectivity index (χ1v) is 5.11. The van der Waals surface area contributed by atoms with Crippen LogP contribution in [0, 0.1) is 11.8 Å². The second kappa shape index (κ2) is 3.66. The van der Waals surface area contributed by atoms with Gasteiger partial charge in [-0.15, -0.1) is 5.92 Å². The van der Waals surface area contributed by atoms with E-state index < -0.39 is 5.60 Å². The highest BCUT2D eigenvalue weighted by molar-refractivity contribution is 6.06. The van der Waals surface area contributed by atoms with Crippen LogP contribution in [0.15, 0.2) is 24.3 Å². The largest absolute Gasteiger partial charge is 0.374 e. The molecule has 0 fully saturated rings. The molecule has 1 unspecified atom stereocenters. The van der Waals surface area contributed by atoms with E-state index in [0.717, 1.165) is 5.69 Å². The van der Waals surface area contributed by atoms with Gasteiger partial charge in [-0.1, -0.05) is 24.1 Å². The molecule has 1 N–H and O–H groups in total. The van der Waals surface area contributed by atoms with Gasteiger partial charge < -0.3 is 10.0 Å². The van der Waals surface area contributed by atoms with Gasteiger partial charge in [-0.05, 0) is 13.0 Å². The molecule has 1 heterocycles. The molecule has 3 nitrogen and oxygen atoms in total. The Balaban J connectivity index is 2.54. The van der Waals surface area contributed by atoms with Crippen LogP contribution in [-0.2, 0) is 10.4 Å². The molecule has 2 rings (SSSR count). The summed E-state index contributed by atoms with van der Waals surface area (Å²) in [5.74, 6) is 5.17. The third kappa shape index (κ3) is 1.31. The fourth-order valence-corrected chi connectivity index (χ4v) is 2.01. The maximum atomic E-state index is 12.0. The molecule has 0 spiro atoms. The second-order valence-corrected chi connectivity index (χ2v) is 3.85. The number of para-hydroxylation sites is 1. The summed E-state index contributed by atoms with van der Waals surface area (Å²) in [5, 5.41) is 10.4. The van der Waals surface area contributed by atoms with Crippen molar-refractivity contribution in [1.29, 1.82) is 0 Å². The first-order valence-electron chi connectivity index (χ1n) is 5.11. The Kier molecular flexibility index (Phi) is 2.45. The van der Waals surface area contributed by atoms with Crippen molar-refractivity contribution in [2.45, 2.75) is 18.9 Å². The van der Waals surface area contributed by atoms with E-state index >= 15 is 0 Å². The van der Waals surface area contributed by atoms with Crippen LogP contribution in [0.3, 0.4) is 0 Å². The zero-order valence-electron chi connectivity index (χ0n) is 9.32. The van der Waals surface area contributed by atoms with Crippen molar-refractivity contribution >= 4 is 11.6 Å². The normalized spacial score (nSPS) is 22.7. The van der Waals surface area contributed by atoms with Crippen molar-refractivity contribution in [3.05, 3.63) is 29.8 Å². The number of nitrogens with zero attached hydrogens (tertiary/aromatic N) is 1. The molecule has 0 aromatic heterocycles. The Bertz CT molecular complexity index is 498. The maximum absolute atomic E-state index is 12.0. The highest BCUT2D eigenvalue weighted by Crippen LogP contribution is 2.40. The number of fused-ring (bicyclic) bond motifs is 1. The predicted octanol–water partition coefficient (Wildman–Crippen LogP) is 1.26. The average Bonchev–Trinajstić information content (AvgIpc) is 2.51. The van der Waals surface area contributed by atoms with Gasteiger partial charge in [0.05, 0.1) is 12.1 Å². The van der Waals surface area contributed by atoms with Crippen molar-refractivity contribution in [2.24, 2.45) is 0 Å². The quantitative estimate of drug-likeness (QED) is 0.716. The summed E-state index contributed by atoms with van der Waals surface area (Å²) in [6.07, 6.45) is 0.143. The van der Waals surface area contributed by atoms with Gasteiger partial charge >= 0.3 is 0 Å². The van der Waals surface area contributed by atoms with E-state index in [1.54, 1.807) is 20.0 Å². The van der Waals surface area contributed by atoms with Gasteiger partial charge in [0.1, 0.15) is 0 Å². The van der Waals surface area contributed by atoms with Gasteiger partial charge in [-0.25, -0.2) is 0 Å². The zero-order chi connectivity index (χ0) is 11.8. The van der Waals surface area contributed by atoms with Crippen molar-refractivity contribution < 1.29 is 9.90 Å². The Hall–Kier alpha value is -1.79. The van der Waals surface area contributed by atoms with E-state index in [2.05, 4.69) is 11.8 Å². The lowest BCUT2D eigenvalue weighted by molar-refractivity contribution is -0.135. The molecule has 1 amide bonds. The van der Waals surface area contributed by atoms with Crippen LogP contribution >= 0.6 is 0 Å². The number of likely N-dealkylation sites (N-methyl/N-ethyl adjacent to an activating group) is 1. The predicted molar refractivity (Wildman–Crippen MR) is 61.8 cm³/mol. The van der Waals surface area contributed by atoms with Crippen LogP contribution in [0.1, 0.15) is 18.9 Å². The summed E-state index contributed by atoms with van der Waals surface area (Å²) in [7, 11) is 1.67. The summed E-state index contributed by atoms with van der Waals surface area (Å²) < 4.78 is 0. The van der Waals surface area contributed by atoms with Gasteiger partial charge in [-0.3, -0.25) is 4.79 Å². The van der Waals surface area contributed by atoms with E-state index in [1.165, 1.54) is 4.90 Å². The monoisotopic (exact) mass is 215 g/mol. The summed E-state index contributed by atoms with van der Waals surface area (Å²) in [4.78, 5) is 13.5. The third-order valence-corrected chi connectivity index (χ3v) is 2.89. The Morgan fingerprint density at radius 3 is 2.81 bits per heavy atom. The molecule has 0 saturated carbocycles. The number of aliphatic hydroxyl groups is 1. The van der Waals surface area contributed by atoms with Crippen molar-refractivity contribution in [3.63, 3.8) is 0 Å². The molecular weight excluding hydrogens is 202 g/mol. The van der Waals surface area contributed by atoms with Gasteiger partial charge in [0.2, 0.25) is 0 Å². The SMILES string of the molecule is CC#CCC1(O)C(=O)N(C)c2ccccc21. The van der Waals surface area contributed by atoms with E-state index in [-0.39, 0.29) is 12.3 Å². The Labute approximate surface area is 94.7 Å². The lowest BCUT2D eigenvalue weighted by atomic mass is 9.92. The Morgan fingerprint density at radius 2 is 2.12 bits per heavy atom. The fourth-order valence-electron chi connectivity index (χ4n) is 2.01. The molecule has 1 aromatic carbocycles. The molecular formula is C13H13NO2. The molecule has 82 valence electrons. The van der Waals surface area contributed by atoms with E-state index in [1.807, 2.05) is 18.2 Å². The molecule has 0 saturated heterocycles. The number of benzene rings is 1. The van der Waals surface area contributed by atoms with Crippen LogP contribution in [-0.4, -0.2) is 18.1 Å². The topological polar surface area (TPSA) is 40.5 Å². The average molecular weight is 215 g/mol. The molecule has 1 aliphatic heterocycles. The maximum Gasteiger partial charge on any atom is 0.264 e. The smallest absolute Gasteiger partial charge is 0.264 e. The van der Waals surface area contributed by atoms with Crippen molar-refractivity contribution in [1.82, 2.24) is 0 Å². The molecule has 1 aliphatic rings. The van der Waals surface area contributed by atoms with Crippen LogP contribution in [0.4, 0.5) is 5.69 Å². The molecule has 16 heavy (non-hydrogen) atoms. The minimum atomic E-state index is -1.48. The number of carbonyl (C=O) groups is 1. The standard InChI is InChI=1S/C13H13NO2/c1-3-4-9-13(16)10-7-5-6-8-11(10)14(2)12(13)15/h5-8,16H,9H2,1-2H3. The second-order valence-electron chi connectivity index (χ2n) is 3.85. The summed E-state index contributed by atoms with van der Waals surface area (Å²) in [5.41, 5.74) is -0.0768. The van der Waals surface area contributed by atoms with E-state index in [4.69, 9.17) is 0 Å². The molecule has 0 aliphatic carbocycles. The van der Waals surface area contributed by atoms with Crippen LogP contribution in [0.5, 0.6) is 0 Å². The van der Waals surface area contributed by atoms with E-state index in [9.17, 15) is 9.90 Å². The van der Waals surface area contributed by atoms with Crippen molar-refractivity contribution in [2.75, 3.05) is 11.9 Å². The minimum Gasteiger partial charge on any atom is -0.374 e. The number of hydrogen-bond acceptors (Lipinski definition) is 2. The van der Waals surface area contributed by atoms with Gasteiger partial charge in [0.25, 0.3) is 5.91 Å². The minimum absolute atomic E-state index is 0.143. The van der Waals surface area contributed by atoms with E-state index in [0.29, 0.717) is 5.56 Å². The molecule has 1 atom stereocenters. The van der Waals surface area contributed by atoms with Crippen LogP contribution in [0.2, 0.25) is 0 Å².